The van der Waals surface area contributed by atoms with E-state index in [1.54, 1.807) is 17.4 Å². The first-order valence-corrected chi connectivity index (χ1v) is 10.6. The quantitative estimate of drug-likeness (QED) is 0.570. The number of ketones is 1. The first kappa shape index (κ1) is 18.2. The molecule has 0 unspecified atom stereocenters. The van der Waals surface area contributed by atoms with Crippen molar-refractivity contribution in [3.63, 3.8) is 0 Å². The van der Waals surface area contributed by atoms with Crippen LogP contribution >= 0.6 is 11.3 Å². The Labute approximate surface area is 174 Å². The van der Waals surface area contributed by atoms with Crippen LogP contribution in [0.4, 0.5) is 0 Å². The topological polar surface area (TPSA) is 38.8 Å². The van der Waals surface area contributed by atoms with E-state index in [4.69, 9.17) is 9.47 Å². The zero-order valence-corrected chi connectivity index (χ0v) is 17.0. The van der Waals surface area contributed by atoms with E-state index in [9.17, 15) is 4.79 Å². The fraction of sp³-hybridized carbons (Fsp3) is 0.208. The number of Topliss-reactive ketones (excluding diaryl/α,β-unsaturated/α-hetero) is 1. The lowest BCUT2D eigenvalue weighted by atomic mass is 10.00. The van der Waals surface area contributed by atoms with Crippen molar-refractivity contribution in [2.45, 2.75) is 19.9 Å². The van der Waals surface area contributed by atoms with Gasteiger partial charge in [-0.2, -0.15) is 0 Å². The van der Waals surface area contributed by atoms with Gasteiger partial charge in [0.25, 0.3) is 0 Å². The Balaban J connectivity index is 1.39. The van der Waals surface area contributed by atoms with Gasteiger partial charge in [-0.25, -0.2) is 0 Å². The summed E-state index contributed by atoms with van der Waals surface area (Å²) in [5.41, 5.74) is 3.53. The number of benzene rings is 2. The van der Waals surface area contributed by atoms with Crippen LogP contribution in [-0.2, 0) is 13.0 Å². The first-order chi connectivity index (χ1) is 14.2. The van der Waals surface area contributed by atoms with Crippen LogP contribution in [0.15, 0.2) is 59.7 Å². The van der Waals surface area contributed by atoms with Crippen molar-refractivity contribution in [3.05, 3.63) is 86.8 Å². The minimum absolute atomic E-state index is 0.0644. The zero-order valence-electron chi connectivity index (χ0n) is 16.2. The molecule has 2 aliphatic heterocycles. The van der Waals surface area contributed by atoms with Gasteiger partial charge in [0.1, 0.15) is 18.2 Å². The van der Waals surface area contributed by atoms with E-state index in [2.05, 4.69) is 22.4 Å². The van der Waals surface area contributed by atoms with E-state index in [0.29, 0.717) is 23.8 Å². The van der Waals surface area contributed by atoms with Crippen LogP contribution in [0.2, 0.25) is 0 Å². The smallest absolute Gasteiger partial charge is 0.231 e. The molecule has 0 spiro atoms. The molecule has 2 aliphatic rings. The van der Waals surface area contributed by atoms with Gasteiger partial charge in [-0.05, 0) is 42.5 Å². The molecule has 3 heterocycles. The van der Waals surface area contributed by atoms with Gasteiger partial charge in [-0.1, -0.05) is 36.4 Å². The van der Waals surface area contributed by atoms with Gasteiger partial charge >= 0.3 is 0 Å². The van der Waals surface area contributed by atoms with E-state index < -0.39 is 0 Å². The second-order valence-corrected chi connectivity index (χ2v) is 8.40. The van der Waals surface area contributed by atoms with Crippen molar-refractivity contribution in [1.82, 2.24) is 4.90 Å². The van der Waals surface area contributed by atoms with Crippen LogP contribution in [0.1, 0.15) is 31.9 Å². The summed E-state index contributed by atoms with van der Waals surface area (Å²) in [4.78, 5) is 16.6. The van der Waals surface area contributed by atoms with Crippen LogP contribution < -0.4 is 9.47 Å². The van der Waals surface area contributed by atoms with Gasteiger partial charge in [0.15, 0.2) is 5.76 Å². The zero-order chi connectivity index (χ0) is 19.8. The lowest BCUT2D eigenvalue weighted by molar-refractivity contribution is 0.0956. The maximum absolute atomic E-state index is 13.0. The van der Waals surface area contributed by atoms with E-state index in [1.165, 1.54) is 4.88 Å². The Bertz CT molecular complexity index is 1090. The van der Waals surface area contributed by atoms with Gasteiger partial charge in [-0.3, -0.25) is 9.69 Å². The fourth-order valence-corrected chi connectivity index (χ4v) is 4.56. The van der Waals surface area contributed by atoms with Crippen molar-refractivity contribution in [2.75, 3.05) is 13.3 Å². The Morgan fingerprint density at radius 2 is 2.00 bits per heavy atom. The molecule has 4 nitrogen and oxygen atoms in total. The molecule has 0 fully saturated rings. The largest absolute Gasteiger partial charge is 0.477 e. The first-order valence-electron chi connectivity index (χ1n) is 9.72. The van der Waals surface area contributed by atoms with Gasteiger partial charge in [0, 0.05) is 29.1 Å². The predicted octanol–water partition coefficient (Wildman–Crippen LogP) is 5.07. The average Bonchev–Trinajstić information content (AvgIpc) is 3.37. The van der Waals surface area contributed by atoms with E-state index >= 15 is 0 Å². The SMILES string of the molecule is Cc1c2c(cc3c1O/C(=C\c1ccccc1)C3=O)CN(CCc1cccs1)CO2. The summed E-state index contributed by atoms with van der Waals surface area (Å²) in [6.45, 7) is 4.23. The molecule has 0 bridgehead atoms. The molecule has 5 heteroatoms. The van der Waals surface area contributed by atoms with E-state index in [0.717, 1.165) is 42.0 Å². The molecule has 2 aromatic carbocycles. The number of carbonyl (C=O) groups is 1. The van der Waals surface area contributed by atoms with Gasteiger partial charge < -0.3 is 9.47 Å². The summed E-state index contributed by atoms with van der Waals surface area (Å²) in [6.07, 6.45) is 2.81. The van der Waals surface area contributed by atoms with Crippen LogP contribution in [0, 0.1) is 6.92 Å². The van der Waals surface area contributed by atoms with Crippen LogP contribution in [-0.4, -0.2) is 24.0 Å². The molecule has 3 aromatic rings. The molecule has 0 amide bonds. The van der Waals surface area contributed by atoms with Crippen molar-refractivity contribution in [2.24, 2.45) is 0 Å². The molecule has 0 N–H and O–H groups in total. The van der Waals surface area contributed by atoms with Crippen LogP contribution in [0.5, 0.6) is 11.5 Å². The highest BCUT2D eigenvalue weighted by molar-refractivity contribution is 7.09. The summed E-state index contributed by atoms with van der Waals surface area (Å²) in [5.74, 6) is 1.78. The molecule has 0 atom stereocenters. The number of hydrogen-bond donors (Lipinski definition) is 0. The number of carbonyl (C=O) groups excluding carboxylic acids is 1. The molecule has 1 aromatic heterocycles. The minimum atomic E-state index is -0.0644. The maximum Gasteiger partial charge on any atom is 0.231 e. The molecule has 5 rings (SSSR count). The lowest BCUT2D eigenvalue weighted by Crippen LogP contribution is -2.34. The number of nitrogens with zero attached hydrogens (tertiary/aromatic N) is 1. The minimum Gasteiger partial charge on any atom is -0.477 e. The number of rotatable bonds is 4. The molecule has 29 heavy (non-hydrogen) atoms. The Morgan fingerprint density at radius 1 is 1.14 bits per heavy atom. The molecular weight excluding hydrogens is 382 g/mol. The third-order valence-corrected chi connectivity index (χ3v) is 6.29. The molecule has 0 radical (unpaired) electrons. The molecule has 0 saturated carbocycles. The summed E-state index contributed by atoms with van der Waals surface area (Å²) in [7, 11) is 0. The summed E-state index contributed by atoms with van der Waals surface area (Å²) < 4.78 is 12.0. The van der Waals surface area contributed by atoms with Crippen LogP contribution in [0.25, 0.3) is 6.08 Å². The average molecular weight is 404 g/mol. The van der Waals surface area contributed by atoms with Crippen molar-refractivity contribution >= 4 is 23.2 Å². The fourth-order valence-electron chi connectivity index (χ4n) is 3.86. The highest BCUT2D eigenvalue weighted by atomic mass is 32.1. The van der Waals surface area contributed by atoms with Crippen molar-refractivity contribution in [3.8, 4) is 11.5 Å². The number of fused-ring (bicyclic) bond motifs is 2. The van der Waals surface area contributed by atoms with Gasteiger partial charge in [0.05, 0.1) is 5.56 Å². The number of ether oxygens (including phenoxy) is 2. The molecule has 0 aliphatic carbocycles. The summed E-state index contributed by atoms with van der Waals surface area (Å²) >= 11 is 1.78. The Hall–Kier alpha value is -2.89. The molecule has 146 valence electrons. The normalized spacial score (nSPS) is 17.0. The summed E-state index contributed by atoms with van der Waals surface area (Å²) in [5, 5.41) is 2.11. The maximum atomic E-state index is 13.0. The van der Waals surface area contributed by atoms with Crippen molar-refractivity contribution in [1.29, 1.82) is 0 Å². The second-order valence-electron chi connectivity index (χ2n) is 7.37. The van der Waals surface area contributed by atoms with E-state index in [-0.39, 0.29) is 5.78 Å². The Kier molecular flexibility index (Phi) is 4.70. The van der Waals surface area contributed by atoms with E-state index in [1.807, 2.05) is 43.3 Å². The monoisotopic (exact) mass is 403 g/mol. The second kappa shape index (κ2) is 7.50. The highest BCUT2D eigenvalue weighted by Crippen LogP contribution is 2.43. The number of allylic oxidation sites excluding steroid dienone is 1. The highest BCUT2D eigenvalue weighted by Gasteiger charge is 2.33. The standard InChI is InChI=1S/C24H21NO3S/c1-16-23-18(14-25(15-27-23)10-9-19-8-5-11-29-19)13-20-22(26)21(28-24(16)20)12-17-6-3-2-4-7-17/h2-8,11-13H,9-10,14-15H2,1H3/b21-12-. The van der Waals surface area contributed by atoms with Crippen molar-refractivity contribution < 1.29 is 14.3 Å². The molecule has 0 saturated heterocycles. The third-order valence-electron chi connectivity index (χ3n) is 5.35. The lowest BCUT2D eigenvalue weighted by Gasteiger charge is -2.30. The summed E-state index contributed by atoms with van der Waals surface area (Å²) in [6, 6.07) is 16.0. The number of hydrogen-bond acceptors (Lipinski definition) is 5. The van der Waals surface area contributed by atoms with Gasteiger partial charge in [-0.15, -0.1) is 11.3 Å². The predicted molar refractivity (Wildman–Crippen MR) is 114 cm³/mol. The molecular formula is C24H21NO3S. The van der Waals surface area contributed by atoms with Gasteiger partial charge in [0.2, 0.25) is 5.78 Å². The third kappa shape index (κ3) is 3.48. The Morgan fingerprint density at radius 3 is 2.79 bits per heavy atom. The van der Waals surface area contributed by atoms with Crippen LogP contribution in [0.3, 0.4) is 0 Å². The number of thiophene rings is 1.